The van der Waals surface area contributed by atoms with Crippen LogP contribution >= 0.6 is 0 Å². The van der Waals surface area contributed by atoms with Crippen molar-refractivity contribution in [3.63, 3.8) is 0 Å². The lowest BCUT2D eigenvalue weighted by molar-refractivity contribution is -0.00968. The van der Waals surface area contributed by atoms with Crippen LogP contribution in [-0.2, 0) is 4.74 Å². The molecule has 30 heavy (non-hydrogen) atoms. The van der Waals surface area contributed by atoms with E-state index in [9.17, 15) is 8.78 Å². The maximum atomic E-state index is 15.0. The standard InChI is InChI=1S/C25H29F3O2/c1-3-30-19-8-6-15-12-17(5-4-16(15)13-19)20-9-7-18(14-22(20)26)21-10-11-23(29-2)25(28)24(21)27/h7,9-11,14-17,19H,3-6,8,12-13H2,1-2H3. The number of hydrogen-bond acceptors (Lipinski definition) is 2. The van der Waals surface area contributed by atoms with Crippen molar-refractivity contribution >= 4 is 0 Å². The maximum absolute atomic E-state index is 15.0. The predicted octanol–water partition coefficient (Wildman–Crippen LogP) is 6.87. The van der Waals surface area contributed by atoms with Crippen molar-refractivity contribution in [2.24, 2.45) is 11.8 Å². The van der Waals surface area contributed by atoms with Gasteiger partial charge in [0, 0.05) is 12.2 Å². The minimum Gasteiger partial charge on any atom is -0.494 e. The highest BCUT2D eigenvalue weighted by molar-refractivity contribution is 5.66. The normalized spacial score (nSPS) is 26.3. The molecule has 0 spiro atoms. The largest absolute Gasteiger partial charge is 0.494 e. The molecule has 0 aliphatic heterocycles. The van der Waals surface area contributed by atoms with Gasteiger partial charge in [0.25, 0.3) is 0 Å². The van der Waals surface area contributed by atoms with E-state index in [1.165, 1.54) is 25.3 Å². The molecule has 0 heterocycles. The van der Waals surface area contributed by atoms with Gasteiger partial charge in [-0.3, -0.25) is 0 Å². The second-order valence-electron chi connectivity index (χ2n) is 8.60. The van der Waals surface area contributed by atoms with Gasteiger partial charge in [-0.25, -0.2) is 8.78 Å². The zero-order valence-corrected chi connectivity index (χ0v) is 17.6. The minimum absolute atomic E-state index is 0.0386. The third kappa shape index (κ3) is 4.09. The molecule has 0 N–H and O–H groups in total. The quantitative estimate of drug-likeness (QED) is 0.528. The molecule has 2 aliphatic rings. The Bertz CT molecular complexity index is 898. The Kier molecular flexibility index (Phi) is 6.37. The van der Waals surface area contributed by atoms with Crippen LogP contribution in [0.3, 0.4) is 0 Å². The number of ether oxygens (including phenoxy) is 2. The molecule has 0 saturated heterocycles. The zero-order chi connectivity index (χ0) is 21.3. The summed E-state index contributed by atoms with van der Waals surface area (Å²) in [5, 5.41) is 0. The SMILES string of the molecule is CCOC1CCC2CC(c3ccc(-c4ccc(OC)c(F)c4F)cc3F)CCC2C1. The Balaban J connectivity index is 1.50. The fraction of sp³-hybridized carbons (Fsp3) is 0.520. The van der Waals surface area contributed by atoms with E-state index in [-0.39, 0.29) is 23.0 Å². The van der Waals surface area contributed by atoms with E-state index in [2.05, 4.69) is 0 Å². The maximum Gasteiger partial charge on any atom is 0.201 e. The zero-order valence-electron chi connectivity index (χ0n) is 17.6. The molecule has 0 radical (unpaired) electrons. The molecule has 2 aromatic rings. The van der Waals surface area contributed by atoms with Gasteiger partial charge in [-0.15, -0.1) is 0 Å². The number of hydrogen-bond donors (Lipinski definition) is 0. The number of fused-ring (bicyclic) bond motifs is 1. The second-order valence-corrected chi connectivity index (χ2v) is 8.60. The first-order valence-corrected chi connectivity index (χ1v) is 10.9. The van der Waals surface area contributed by atoms with E-state index in [0.29, 0.717) is 29.1 Å². The van der Waals surface area contributed by atoms with Crippen molar-refractivity contribution in [2.75, 3.05) is 13.7 Å². The molecule has 2 aliphatic carbocycles. The van der Waals surface area contributed by atoms with Crippen LogP contribution < -0.4 is 4.74 Å². The molecule has 2 fully saturated rings. The lowest BCUT2D eigenvalue weighted by Crippen LogP contribution is -2.33. The van der Waals surface area contributed by atoms with E-state index in [0.717, 1.165) is 45.1 Å². The van der Waals surface area contributed by atoms with Gasteiger partial charge in [0.05, 0.1) is 13.2 Å². The molecule has 0 bridgehead atoms. The first kappa shape index (κ1) is 21.2. The van der Waals surface area contributed by atoms with Crippen LogP contribution in [0.4, 0.5) is 13.2 Å². The number of benzene rings is 2. The average molecular weight is 418 g/mol. The van der Waals surface area contributed by atoms with Crippen molar-refractivity contribution in [3.05, 3.63) is 53.3 Å². The first-order valence-electron chi connectivity index (χ1n) is 10.9. The van der Waals surface area contributed by atoms with Crippen LogP contribution in [-0.4, -0.2) is 19.8 Å². The molecule has 5 heteroatoms. The second kappa shape index (κ2) is 9.01. The number of methoxy groups -OCH3 is 1. The monoisotopic (exact) mass is 418 g/mol. The van der Waals surface area contributed by atoms with E-state index in [1.54, 1.807) is 12.1 Å². The lowest BCUT2D eigenvalue weighted by Gasteiger charge is -2.42. The van der Waals surface area contributed by atoms with Gasteiger partial charge in [0.1, 0.15) is 5.82 Å². The smallest absolute Gasteiger partial charge is 0.201 e. The number of rotatable bonds is 5. The average Bonchev–Trinajstić information content (AvgIpc) is 2.75. The first-order chi connectivity index (χ1) is 14.5. The Labute approximate surface area is 176 Å². The topological polar surface area (TPSA) is 18.5 Å². The summed E-state index contributed by atoms with van der Waals surface area (Å²) in [7, 11) is 1.28. The van der Waals surface area contributed by atoms with E-state index in [4.69, 9.17) is 9.47 Å². The van der Waals surface area contributed by atoms with E-state index < -0.39 is 11.6 Å². The molecule has 0 aromatic heterocycles. The fourth-order valence-electron chi connectivity index (χ4n) is 5.45. The van der Waals surface area contributed by atoms with Crippen LogP contribution in [0.5, 0.6) is 5.75 Å². The van der Waals surface area contributed by atoms with E-state index in [1.807, 2.05) is 6.92 Å². The van der Waals surface area contributed by atoms with Crippen molar-refractivity contribution in [2.45, 2.75) is 57.5 Å². The molecule has 4 atom stereocenters. The molecule has 2 nitrogen and oxygen atoms in total. The van der Waals surface area contributed by atoms with Crippen LogP contribution in [0.25, 0.3) is 11.1 Å². The lowest BCUT2D eigenvalue weighted by atomic mass is 9.65. The highest BCUT2D eigenvalue weighted by Gasteiger charge is 2.37. The van der Waals surface area contributed by atoms with Crippen molar-refractivity contribution in [1.82, 2.24) is 0 Å². The van der Waals surface area contributed by atoms with Crippen LogP contribution in [0.15, 0.2) is 30.3 Å². The molecule has 0 amide bonds. The summed E-state index contributed by atoms with van der Waals surface area (Å²) < 4.78 is 54.1. The highest BCUT2D eigenvalue weighted by atomic mass is 19.2. The summed E-state index contributed by atoms with van der Waals surface area (Å²) in [6.45, 7) is 2.81. The van der Waals surface area contributed by atoms with Gasteiger partial charge in [-0.2, -0.15) is 4.39 Å². The van der Waals surface area contributed by atoms with Gasteiger partial charge in [-0.05, 0) is 92.5 Å². The molecule has 4 unspecified atom stereocenters. The van der Waals surface area contributed by atoms with Gasteiger partial charge < -0.3 is 9.47 Å². The summed E-state index contributed by atoms with van der Waals surface area (Å²) in [6.07, 6.45) is 6.77. The Morgan fingerprint density at radius 3 is 2.40 bits per heavy atom. The summed E-state index contributed by atoms with van der Waals surface area (Å²) in [5.74, 6) is -1.11. The summed E-state index contributed by atoms with van der Waals surface area (Å²) >= 11 is 0. The summed E-state index contributed by atoms with van der Waals surface area (Å²) in [5.41, 5.74) is 1.07. The van der Waals surface area contributed by atoms with Gasteiger partial charge in [0.15, 0.2) is 11.6 Å². The summed E-state index contributed by atoms with van der Waals surface area (Å²) in [4.78, 5) is 0. The molecular formula is C25H29F3O2. The highest BCUT2D eigenvalue weighted by Crippen LogP contribution is 2.47. The molecule has 162 valence electrons. The third-order valence-electron chi connectivity index (χ3n) is 6.99. The van der Waals surface area contributed by atoms with Crippen molar-refractivity contribution in [1.29, 1.82) is 0 Å². The molecule has 2 aromatic carbocycles. The Hall–Kier alpha value is -2.01. The van der Waals surface area contributed by atoms with E-state index >= 15 is 4.39 Å². The Morgan fingerprint density at radius 1 is 0.900 bits per heavy atom. The van der Waals surface area contributed by atoms with Crippen LogP contribution in [0, 0.1) is 29.3 Å². The predicted molar refractivity (Wildman–Crippen MR) is 111 cm³/mol. The van der Waals surface area contributed by atoms with Crippen LogP contribution in [0.2, 0.25) is 0 Å². The van der Waals surface area contributed by atoms with Gasteiger partial charge in [-0.1, -0.05) is 12.1 Å². The van der Waals surface area contributed by atoms with Gasteiger partial charge >= 0.3 is 0 Å². The fourth-order valence-corrected chi connectivity index (χ4v) is 5.45. The van der Waals surface area contributed by atoms with Crippen LogP contribution in [0.1, 0.15) is 56.9 Å². The Morgan fingerprint density at radius 2 is 1.67 bits per heavy atom. The van der Waals surface area contributed by atoms with Crippen molar-refractivity contribution in [3.8, 4) is 16.9 Å². The summed E-state index contributed by atoms with van der Waals surface area (Å²) in [6, 6.07) is 7.56. The molecular weight excluding hydrogens is 389 g/mol. The molecule has 4 rings (SSSR count). The molecule has 2 saturated carbocycles. The number of halogens is 3. The van der Waals surface area contributed by atoms with Gasteiger partial charge in [0.2, 0.25) is 5.82 Å². The van der Waals surface area contributed by atoms with Crippen molar-refractivity contribution < 1.29 is 22.6 Å². The minimum atomic E-state index is -1.06. The third-order valence-corrected chi connectivity index (χ3v) is 6.99.